The number of aromatic nitrogens is 4. The third kappa shape index (κ3) is 3.24. The van der Waals surface area contributed by atoms with Gasteiger partial charge in [-0.3, -0.25) is 0 Å². The van der Waals surface area contributed by atoms with Gasteiger partial charge in [-0.15, -0.1) is 5.10 Å². The van der Waals surface area contributed by atoms with Crippen molar-refractivity contribution < 1.29 is 13.2 Å². The Morgan fingerprint density at radius 2 is 2.10 bits per heavy atom. The maximum Gasteiger partial charge on any atom is 0.416 e. The second-order valence-electron chi connectivity index (χ2n) is 4.83. The van der Waals surface area contributed by atoms with Crippen molar-refractivity contribution in [2.75, 3.05) is 0 Å². The highest BCUT2D eigenvalue weighted by Crippen LogP contribution is 2.33. The Morgan fingerprint density at radius 1 is 1.33 bits per heavy atom. The summed E-state index contributed by atoms with van der Waals surface area (Å²) in [6.45, 7) is 0.417. The summed E-state index contributed by atoms with van der Waals surface area (Å²) in [4.78, 5) is 0. The molecule has 1 fully saturated rings. The van der Waals surface area contributed by atoms with E-state index in [2.05, 4.69) is 36.8 Å². The van der Waals surface area contributed by atoms with Crippen molar-refractivity contribution in [1.82, 2.24) is 25.5 Å². The topological polar surface area (TPSA) is 55.6 Å². The minimum Gasteiger partial charge on any atom is -0.307 e. The number of hydrogen-bond donors (Lipinski definition) is 1. The number of benzene rings is 1. The predicted molar refractivity (Wildman–Crippen MR) is 71.7 cm³/mol. The third-order valence-electron chi connectivity index (χ3n) is 3.16. The van der Waals surface area contributed by atoms with Gasteiger partial charge in [0.1, 0.15) is 0 Å². The molecule has 1 aromatic heterocycles. The van der Waals surface area contributed by atoms with Gasteiger partial charge in [0.2, 0.25) is 0 Å². The lowest BCUT2D eigenvalue weighted by atomic mass is 10.2. The Labute approximate surface area is 126 Å². The van der Waals surface area contributed by atoms with Crippen LogP contribution < -0.4 is 5.32 Å². The molecule has 1 N–H and O–H groups in total. The lowest BCUT2D eigenvalue weighted by Gasteiger charge is -2.11. The Bertz CT molecular complexity index is 651. The van der Waals surface area contributed by atoms with Gasteiger partial charge < -0.3 is 5.32 Å². The maximum atomic E-state index is 12.8. The first-order valence-corrected chi connectivity index (χ1v) is 7.12. The third-order valence-corrected chi connectivity index (χ3v) is 3.83. The molecule has 0 radical (unpaired) electrons. The van der Waals surface area contributed by atoms with Gasteiger partial charge in [-0.1, -0.05) is 0 Å². The summed E-state index contributed by atoms with van der Waals surface area (Å²) >= 11 is 3.24. The Hall–Kier alpha value is -1.48. The fraction of sp³-hybridized carbons (Fsp3) is 0.417. The lowest BCUT2D eigenvalue weighted by Crippen LogP contribution is -2.19. The minimum atomic E-state index is -4.41. The molecule has 0 atom stereocenters. The zero-order valence-electron chi connectivity index (χ0n) is 10.7. The molecule has 112 valence electrons. The van der Waals surface area contributed by atoms with E-state index >= 15 is 0 Å². The highest BCUT2D eigenvalue weighted by Gasteiger charge is 2.31. The van der Waals surface area contributed by atoms with E-state index in [-0.39, 0.29) is 5.69 Å². The molecule has 0 aliphatic heterocycles. The molecule has 2 aromatic rings. The van der Waals surface area contributed by atoms with E-state index < -0.39 is 11.7 Å². The molecule has 5 nitrogen and oxygen atoms in total. The summed E-state index contributed by atoms with van der Waals surface area (Å²) in [6.07, 6.45) is -2.19. The largest absolute Gasteiger partial charge is 0.416 e. The van der Waals surface area contributed by atoms with Crippen molar-refractivity contribution in [3.05, 3.63) is 34.1 Å². The Morgan fingerprint density at radius 3 is 2.76 bits per heavy atom. The summed E-state index contributed by atoms with van der Waals surface area (Å²) in [5.74, 6) is 0.474. The minimum absolute atomic E-state index is 0.266. The van der Waals surface area contributed by atoms with Crippen LogP contribution in [0.2, 0.25) is 0 Å². The SMILES string of the molecule is FC(F)(F)c1ccc(Br)c(-n2nnnc2CNC2CC2)c1. The summed E-state index contributed by atoms with van der Waals surface area (Å²) in [5, 5.41) is 14.4. The quantitative estimate of drug-likeness (QED) is 0.909. The number of hydrogen-bond acceptors (Lipinski definition) is 4. The zero-order valence-corrected chi connectivity index (χ0v) is 12.3. The van der Waals surface area contributed by atoms with Crippen LogP contribution in [0.15, 0.2) is 22.7 Å². The van der Waals surface area contributed by atoms with Crippen molar-refractivity contribution in [2.45, 2.75) is 31.6 Å². The average Bonchev–Trinajstić information content (AvgIpc) is 3.13. The Balaban J connectivity index is 1.93. The van der Waals surface area contributed by atoms with Crippen LogP contribution in [0.25, 0.3) is 5.69 Å². The number of tetrazole rings is 1. The second kappa shape index (κ2) is 5.38. The zero-order chi connectivity index (χ0) is 15.0. The molecule has 0 bridgehead atoms. The highest BCUT2D eigenvalue weighted by molar-refractivity contribution is 9.10. The summed E-state index contributed by atoms with van der Waals surface area (Å²) in [6, 6.07) is 3.85. The van der Waals surface area contributed by atoms with Crippen LogP contribution in [-0.4, -0.2) is 26.2 Å². The van der Waals surface area contributed by atoms with Gasteiger partial charge in [0.05, 0.1) is 17.8 Å². The molecule has 0 spiro atoms. The normalized spacial score (nSPS) is 15.4. The van der Waals surface area contributed by atoms with E-state index in [1.54, 1.807) is 0 Å². The van der Waals surface area contributed by atoms with Crippen LogP contribution in [-0.2, 0) is 12.7 Å². The molecule has 1 aliphatic rings. The van der Waals surface area contributed by atoms with Gasteiger partial charge in [0.25, 0.3) is 0 Å². The molecule has 21 heavy (non-hydrogen) atoms. The molecule has 1 heterocycles. The molecule has 9 heteroatoms. The van der Waals surface area contributed by atoms with Crippen LogP contribution in [0, 0.1) is 0 Å². The van der Waals surface area contributed by atoms with Crippen LogP contribution >= 0.6 is 15.9 Å². The molecule has 1 aromatic carbocycles. The van der Waals surface area contributed by atoms with E-state index in [1.165, 1.54) is 10.7 Å². The molecule has 3 rings (SSSR count). The molecular weight excluding hydrogens is 351 g/mol. The first-order valence-electron chi connectivity index (χ1n) is 6.33. The van der Waals surface area contributed by atoms with Gasteiger partial charge in [-0.2, -0.15) is 17.9 Å². The fourth-order valence-electron chi connectivity index (χ4n) is 1.88. The smallest absolute Gasteiger partial charge is 0.307 e. The predicted octanol–water partition coefficient (Wildman–Crippen LogP) is 2.70. The molecule has 0 saturated heterocycles. The number of halogens is 4. The summed E-state index contributed by atoms with van der Waals surface area (Å²) in [7, 11) is 0. The van der Waals surface area contributed by atoms with E-state index in [4.69, 9.17) is 0 Å². The monoisotopic (exact) mass is 361 g/mol. The van der Waals surface area contributed by atoms with E-state index in [9.17, 15) is 13.2 Å². The maximum absolute atomic E-state index is 12.8. The van der Waals surface area contributed by atoms with Crippen LogP contribution in [0.3, 0.4) is 0 Å². The number of rotatable bonds is 4. The van der Waals surface area contributed by atoms with Gasteiger partial charge in [0.15, 0.2) is 5.82 Å². The van der Waals surface area contributed by atoms with Crippen molar-refractivity contribution in [3.8, 4) is 5.69 Å². The van der Waals surface area contributed by atoms with E-state index in [0.717, 1.165) is 25.0 Å². The van der Waals surface area contributed by atoms with Gasteiger partial charge in [-0.25, -0.2) is 0 Å². The molecular formula is C12H11BrF3N5. The number of alkyl halides is 3. The fourth-order valence-corrected chi connectivity index (χ4v) is 2.29. The Kier molecular flexibility index (Phi) is 3.70. The van der Waals surface area contributed by atoms with Crippen molar-refractivity contribution in [2.24, 2.45) is 0 Å². The van der Waals surface area contributed by atoms with Crippen LogP contribution in [0.1, 0.15) is 24.2 Å². The van der Waals surface area contributed by atoms with Crippen molar-refractivity contribution >= 4 is 15.9 Å². The summed E-state index contributed by atoms with van der Waals surface area (Å²) in [5.41, 5.74) is -0.472. The van der Waals surface area contributed by atoms with Crippen LogP contribution in [0.5, 0.6) is 0 Å². The average molecular weight is 362 g/mol. The molecule has 1 saturated carbocycles. The second-order valence-corrected chi connectivity index (χ2v) is 5.68. The molecule has 0 unspecified atom stereocenters. The number of nitrogens with zero attached hydrogens (tertiary/aromatic N) is 4. The van der Waals surface area contributed by atoms with E-state index in [0.29, 0.717) is 22.9 Å². The van der Waals surface area contributed by atoms with Gasteiger partial charge in [-0.05, 0) is 57.4 Å². The van der Waals surface area contributed by atoms with Crippen LogP contribution in [0.4, 0.5) is 13.2 Å². The standard InChI is InChI=1S/C12H11BrF3N5/c13-9-4-1-7(12(14,15)16)5-10(9)21-11(18-19-20-21)6-17-8-2-3-8/h1,4-5,8,17H,2-3,6H2. The first-order chi connectivity index (χ1) is 9.95. The van der Waals surface area contributed by atoms with Crippen molar-refractivity contribution in [3.63, 3.8) is 0 Å². The lowest BCUT2D eigenvalue weighted by molar-refractivity contribution is -0.137. The first kappa shape index (κ1) is 14.5. The molecule has 0 amide bonds. The number of nitrogens with one attached hydrogen (secondary N) is 1. The van der Waals surface area contributed by atoms with Gasteiger partial charge >= 0.3 is 6.18 Å². The highest BCUT2D eigenvalue weighted by atomic mass is 79.9. The van der Waals surface area contributed by atoms with Gasteiger partial charge in [0, 0.05) is 10.5 Å². The molecule has 1 aliphatic carbocycles. The summed E-state index contributed by atoms with van der Waals surface area (Å²) < 4.78 is 40.3. The van der Waals surface area contributed by atoms with Crippen molar-refractivity contribution in [1.29, 1.82) is 0 Å². The van der Waals surface area contributed by atoms with E-state index in [1.807, 2.05) is 0 Å².